The lowest BCUT2D eigenvalue weighted by Crippen LogP contribution is -2.50. The molecule has 0 aromatic carbocycles. The summed E-state index contributed by atoms with van der Waals surface area (Å²) in [5.74, 6) is -0.994. The van der Waals surface area contributed by atoms with Gasteiger partial charge in [0.05, 0.1) is 0 Å². The normalized spacial score (nSPS) is 46.3. The molecule has 0 aromatic heterocycles. The topological polar surface area (TPSA) is 88.4 Å². The average molecular weight is 218 g/mol. The van der Waals surface area contributed by atoms with Crippen molar-refractivity contribution in [3.63, 3.8) is 0 Å². The van der Waals surface area contributed by atoms with Crippen LogP contribution < -0.4 is 0 Å². The largest absolute Gasteiger partial charge is 0.512 e. The van der Waals surface area contributed by atoms with E-state index in [1.54, 1.807) is 13.8 Å². The molecule has 0 saturated carbocycles. The molecule has 15 heavy (non-hydrogen) atoms. The predicted octanol–water partition coefficient (Wildman–Crippen LogP) is -0.385. The third kappa shape index (κ3) is 1.69. The molecule has 2 aliphatic rings. The quantitative estimate of drug-likeness (QED) is 0.480. The van der Waals surface area contributed by atoms with Crippen molar-refractivity contribution in [2.24, 2.45) is 0 Å². The molecule has 0 amide bonds. The third-order valence-corrected chi connectivity index (χ3v) is 2.42. The second kappa shape index (κ2) is 3.34. The summed E-state index contributed by atoms with van der Waals surface area (Å²) >= 11 is 0. The molecule has 86 valence electrons. The van der Waals surface area contributed by atoms with E-state index in [0.717, 1.165) is 0 Å². The fourth-order valence-electron chi connectivity index (χ4n) is 1.74. The summed E-state index contributed by atoms with van der Waals surface area (Å²) < 4.78 is 15.8. The van der Waals surface area contributed by atoms with E-state index >= 15 is 0 Å². The standard InChI is InChI=1S/C9H14O6/c1-9(2)14-7-6(12)5(11)4(3-10)13-8(7)15-9/h3,5-8,10-12H,1-2H3/b4-3-/t5-,6+,7-,8-/m1/s1. The summed E-state index contributed by atoms with van der Waals surface area (Å²) in [5.41, 5.74) is 0. The zero-order valence-electron chi connectivity index (χ0n) is 8.45. The molecule has 3 N–H and O–H groups in total. The lowest BCUT2D eigenvalue weighted by atomic mass is 10.0. The molecule has 0 spiro atoms. The van der Waals surface area contributed by atoms with Crippen LogP contribution >= 0.6 is 0 Å². The van der Waals surface area contributed by atoms with Crippen LogP contribution in [-0.2, 0) is 14.2 Å². The molecule has 2 fully saturated rings. The first-order chi connectivity index (χ1) is 6.94. The van der Waals surface area contributed by atoms with Gasteiger partial charge in [0.15, 0.2) is 17.7 Å². The summed E-state index contributed by atoms with van der Waals surface area (Å²) in [7, 11) is 0. The van der Waals surface area contributed by atoms with E-state index in [9.17, 15) is 10.2 Å². The molecule has 2 heterocycles. The van der Waals surface area contributed by atoms with Gasteiger partial charge in [0, 0.05) is 0 Å². The van der Waals surface area contributed by atoms with Gasteiger partial charge in [0.1, 0.15) is 18.5 Å². The second-order valence-electron chi connectivity index (χ2n) is 4.05. The molecule has 0 aromatic rings. The Balaban J connectivity index is 2.21. The van der Waals surface area contributed by atoms with Crippen molar-refractivity contribution < 1.29 is 29.5 Å². The summed E-state index contributed by atoms with van der Waals surface area (Å²) in [6.45, 7) is 3.35. The summed E-state index contributed by atoms with van der Waals surface area (Å²) in [6, 6.07) is 0. The van der Waals surface area contributed by atoms with Gasteiger partial charge < -0.3 is 29.5 Å². The number of fused-ring (bicyclic) bond motifs is 1. The van der Waals surface area contributed by atoms with Crippen LogP contribution in [0.4, 0.5) is 0 Å². The average Bonchev–Trinajstić information content (AvgIpc) is 2.47. The predicted molar refractivity (Wildman–Crippen MR) is 47.6 cm³/mol. The van der Waals surface area contributed by atoms with Crippen LogP contribution in [0.2, 0.25) is 0 Å². The van der Waals surface area contributed by atoms with Gasteiger partial charge in [-0.25, -0.2) is 0 Å². The summed E-state index contributed by atoms with van der Waals surface area (Å²) in [6.07, 6.45) is -3.42. The first-order valence-electron chi connectivity index (χ1n) is 4.67. The molecule has 0 aliphatic carbocycles. The fraction of sp³-hybridized carbons (Fsp3) is 0.778. The molecule has 4 atom stereocenters. The number of aliphatic hydroxyl groups excluding tert-OH is 3. The number of aliphatic hydroxyl groups is 3. The van der Waals surface area contributed by atoms with Gasteiger partial charge in [-0.05, 0) is 13.8 Å². The van der Waals surface area contributed by atoms with Crippen molar-refractivity contribution in [1.29, 1.82) is 0 Å². The number of hydrogen-bond donors (Lipinski definition) is 3. The van der Waals surface area contributed by atoms with Crippen molar-refractivity contribution in [2.45, 2.75) is 44.2 Å². The van der Waals surface area contributed by atoms with E-state index < -0.39 is 30.4 Å². The highest BCUT2D eigenvalue weighted by Gasteiger charge is 2.52. The summed E-state index contributed by atoms with van der Waals surface area (Å²) in [5, 5.41) is 28.0. The number of ether oxygens (including phenoxy) is 3. The lowest BCUT2D eigenvalue weighted by Gasteiger charge is -2.33. The maximum absolute atomic E-state index is 9.69. The zero-order valence-corrected chi connectivity index (χ0v) is 8.45. The number of hydrogen-bond acceptors (Lipinski definition) is 6. The smallest absolute Gasteiger partial charge is 0.231 e. The molecular weight excluding hydrogens is 204 g/mol. The van der Waals surface area contributed by atoms with Crippen molar-refractivity contribution in [1.82, 2.24) is 0 Å². The molecule has 0 unspecified atom stereocenters. The van der Waals surface area contributed by atoms with Crippen LogP contribution in [-0.4, -0.2) is 45.7 Å². The van der Waals surface area contributed by atoms with Gasteiger partial charge in [-0.2, -0.15) is 0 Å². The first-order valence-corrected chi connectivity index (χ1v) is 4.67. The van der Waals surface area contributed by atoms with Crippen LogP contribution in [0, 0.1) is 0 Å². The monoisotopic (exact) mass is 218 g/mol. The van der Waals surface area contributed by atoms with Gasteiger partial charge >= 0.3 is 0 Å². The van der Waals surface area contributed by atoms with Crippen LogP contribution in [0.25, 0.3) is 0 Å². The Bertz CT molecular complexity index is 286. The van der Waals surface area contributed by atoms with E-state index in [0.29, 0.717) is 6.26 Å². The van der Waals surface area contributed by atoms with Crippen molar-refractivity contribution in [3.8, 4) is 0 Å². The highest BCUT2D eigenvalue weighted by Crippen LogP contribution is 2.37. The van der Waals surface area contributed by atoms with E-state index in [2.05, 4.69) is 0 Å². The fourth-order valence-corrected chi connectivity index (χ4v) is 1.74. The third-order valence-electron chi connectivity index (χ3n) is 2.42. The van der Waals surface area contributed by atoms with Gasteiger partial charge in [-0.15, -0.1) is 0 Å². The molecule has 2 rings (SSSR count). The maximum atomic E-state index is 9.69. The van der Waals surface area contributed by atoms with E-state index in [4.69, 9.17) is 19.3 Å². The zero-order chi connectivity index (χ0) is 11.2. The van der Waals surface area contributed by atoms with Crippen LogP contribution in [0.15, 0.2) is 12.0 Å². The Hall–Kier alpha value is -0.820. The molecule has 0 radical (unpaired) electrons. The Morgan fingerprint density at radius 2 is 1.93 bits per heavy atom. The summed E-state index contributed by atoms with van der Waals surface area (Å²) in [4.78, 5) is 0. The minimum absolute atomic E-state index is 0.120. The molecule has 0 bridgehead atoms. The lowest BCUT2D eigenvalue weighted by molar-refractivity contribution is -0.190. The Morgan fingerprint density at radius 3 is 2.53 bits per heavy atom. The molecule has 2 aliphatic heterocycles. The van der Waals surface area contributed by atoms with Crippen LogP contribution in [0.5, 0.6) is 0 Å². The highest BCUT2D eigenvalue weighted by atomic mass is 16.8. The van der Waals surface area contributed by atoms with Gasteiger partial charge in [0.2, 0.25) is 6.29 Å². The molecule has 6 heteroatoms. The van der Waals surface area contributed by atoms with E-state index in [-0.39, 0.29) is 5.76 Å². The van der Waals surface area contributed by atoms with E-state index in [1.807, 2.05) is 0 Å². The van der Waals surface area contributed by atoms with Gasteiger partial charge in [0.25, 0.3) is 0 Å². The number of rotatable bonds is 0. The molecule has 2 saturated heterocycles. The Labute approximate surface area is 86.7 Å². The SMILES string of the molecule is CC1(C)O[C@H]2O/C(=C\O)[C@@H](O)[C@H](O)[C@H]2O1. The van der Waals surface area contributed by atoms with Crippen LogP contribution in [0.1, 0.15) is 13.8 Å². The molecular formula is C9H14O6. The van der Waals surface area contributed by atoms with Crippen molar-refractivity contribution >= 4 is 0 Å². The van der Waals surface area contributed by atoms with Gasteiger partial charge in [-0.3, -0.25) is 0 Å². The first kappa shape index (κ1) is 10.7. The highest BCUT2D eigenvalue weighted by molar-refractivity contribution is 5.07. The van der Waals surface area contributed by atoms with Gasteiger partial charge in [-0.1, -0.05) is 0 Å². The Kier molecular flexibility index (Phi) is 2.38. The minimum atomic E-state index is -1.30. The molecule has 6 nitrogen and oxygen atoms in total. The maximum Gasteiger partial charge on any atom is 0.231 e. The Morgan fingerprint density at radius 1 is 1.27 bits per heavy atom. The van der Waals surface area contributed by atoms with E-state index in [1.165, 1.54) is 0 Å². The van der Waals surface area contributed by atoms with Crippen molar-refractivity contribution in [2.75, 3.05) is 0 Å². The van der Waals surface area contributed by atoms with Crippen molar-refractivity contribution in [3.05, 3.63) is 12.0 Å². The minimum Gasteiger partial charge on any atom is -0.512 e. The second-order valence-corrected chi connectivity index (χ2v) is 4.05. The van der Waals surface area contributed by atoms with Crippen LogP contribution in [0.3, 0.4) is 0 Å².